The fourth-order valence-electron chi connectivity index (χ4n) is 4.11. The molecule has 2 aliphatic rings. The molecule has 0 radical (unpaired) electrons. The molecule has 1 heterocycles. The van der Waals surface area contributed by atoms with Crippen molar-refractivity contribution in [1.82, 2.24) is 10.3 Å². The van der Waals surface area contributed by atoms with E-state index in [0.717, 1.165) is 54.3 Å². The Bertz CT molecular complexity index is 1230. The van der Waals surface area contributed by atoms with Gasteiger partial charge in [-0.2, -0.15) is 0 Å². The van der Waals surface area contributed by atoms with Gasteiger partial charge in [0.25, 0.3) is 11.8 Å². The molecule has 162 valence electrons. The van der Waals surface area contributed by atoms with Crippen molar-refractivity contribution in [3.63, 3.8) is 0 Å². The number of aryl methyl sites for hydroxylation is 1. The van der Waals surface area contributed by atoms with E-state index in [0.29, 0.717) is 16.8 Å². The lowest BCUT2D eigenvalue weighted by Gasteiger charge is -2.13. The maximum Gasteiger partial charge on any atom is 0.339 e. The van der Waals surface area contributed by atoms with Crippen molar-refractivity contribution in [2.24, 2.45) is 0 Å². The third-order valence-corrected chi connectivity index (χ3v) is 5.82. The second-order valence-electron chi connectivity index (χ2n) is 8.20. The molecule has 0 spiro atoms. The van der Waals surface area contributed by atoms with Crippen LogP contribution in [0, 0.1) is 0 Å². The van der Waals surface area contributed by atoms with Crippen LogP contribution in [0.25, 0.3) is 10.9 Å². The van der Waals surface area contributed by atoms with Gasteiger partial charge in [-0.3, -0.25) is 14.6 Å². The molecule has 5 rings (SSSR count). The van der Waals surface area contributed by atoms with Crippen LogP contribution in [0.1, 0.15) is 51.2 Å². The molecule has 0 atom stereocenters. The SMILES string of the molecule is O=C(COC(=O)c1c2c(nc3ccccc13)CCC2)Nc1ccccc1C(=O)NC1CC1. The zero-order valence-corrected chi connectivity index (χ0v) is 17.5. The maximum atomic E-state index is 13.0. The van der Waals surface area contributed by atoms with E-state index in [1.165, 1.54) is 0 Å². The molecule has 1 aromatic heterocycles. The van der Waals surface area contributed by atoms with Crippen LogP contribution in [0.4, 0.5) is 5.69 Å². The number of aromatic nitrogens is 1. The van der Waals surface area contributed by atoms with Crippen molar-refractivity contribution < 1.29 is 19.1 Å². The molecule has 2 N–H and O–H groups in total. The van der Waals surface area contributed by atoms with Gasteiger partial charge in [0.2, 0.25) is 0 Å². The Morgan fingerprint density at radius 3 is 2.62 bits per heavy atom. The lowest BCUT2D eigenvalue weighted by Crippen LogP contribution is -2.28. The summed E-state index contributed by atoms with van der Waals surface area (Å²) < 4.78 is 5.39. The van der Waals surface area contributed by atoms with Crippen LogP contribution in [-0.2, 0) is 22.4 Å². The normalized spacial score (nSPS) is 14.6. The molecular formula is C25H23N3O4. The number of nitrogens with one attached hydrogen (secondary N) is 2. The quantitative estimate of drug-likeness (QED) is 0.586. The van der Waals surface area contributed by atoms with E-state index in [-0.39, 0.29) is 11.9 Å². The van der Waals surface area contributed by atoms with E-state index in [1.54, 1.807) is 24.3 Å². The summed E-state index contributed by atoms with van der Waals surface area (Å²) in [5.74, 6) is -1.25. The van der Waals surface area contributed by atoms with Gasteiger partial charge in [-0.05, 0) is 55.9 Å². The minimum atomic E-state index is -0.531. The van der Waals surface area contributed by atoms with Crippen LogP contribution in [0.3, 0.4) is 0 Å². The molecule has 2 aliphatic carbocycles. The van der Waals surface area contributed by atoms with Gasteiger partial charge >= 0.3 is 5.97 Å². The molecule has 7 nitrogen and oxygen atoms in total. The van der Waals surface area contributed by atoms with E-state index >= 15 is 0 Å². The number of benzene rings is 2. The monoisotopic (exact) mass is 429 g/mol. The molecule has 2 amide bonds. The molecule has 32 heavy (non-hydrogen) atoms. The van der Waals surface area contributed by atoms with E-state index in [9.17, 15) is 14.4 Å². The van der Waals surface area contributed by atoms with E-state index in [2.05, 4.69) is 15.6 Å². The maximum absolute atomic E-state index is 13.0. The Morgan fingerprint density at radius 1 is 1.00 bits per heavy atom. The molecule has 0 unspecified atom stereocenters. The summed E-state index contributed by atoms with van der Waals surface area (Å²) in [6.45, 7) is -0.442. The van der Waals surface area contributed by atoms with Crippen molar-refractivity contribution >= 4 is 34.4 Å². The number of anilines is 1. The Balaban J connectivity index is 1.30. The number of para-hydroxylation sites is 2. The van der Waals surface area contributed by atoms with Gasteiger partial charge in [0.15, 0.2) is 6.61 Å². The number of hydrogen-bond donors (Lipinski definition) is 2. The predicted molar refractivity (Wildman–Crippen MR) is 120 cm³/mol. The first-order valence-electron chi connectivity index (χ1n) is 10.9. The first-order valence-corrected chi connectivity index (χ1v) is 10.9. The number of pyridine rings is 1. The summed E-state index contributed by atoms with van der Waals surface area (Å²) in [4.78, 5) is 42.6. The van der Waals surface area contributed by atoms with Crippen molar-refractivity contribution in [2.75, 3.05) is 11.9 Å². The molecule has 1 fully saturated rings. The van der Waals surface area contributed by atoms with Crippen molar-refractivity contribution in [2.45, 2.75) is 38.1 Å². The van der Waals surface area contributed by atoms with Crippen LogP contribution < -0.4 is 10.6 Å². The van der Waals surface area contributed by atoms with Crippen molar-refractivity contribution in [3.8, 4) is 0 Å². The molecule has 0 aliphatic heterocycles. The van der Waals surface area contributed by atoms with E-state index in [1.807, 2.05) is 24.3 Å². The highest BCUT2D eigenvalue weighted by atomic mass is 16.5. The summed E-state index contributed by atoms with van der Waals surface area (Å²) in [7, 11) is 0. The Kier molecular flexibility index (Phi) is 5.31. The molecule has 7 heteroatoms. The van der Waals surface area contributed by atoms with Crippen LogP contribution in [0.15, 0.2) is 48.5 Å². The average Bonchev–Trinajstić information content (AvgIpc) is 3.49. The van der Waals surface area contributed by atoms with Gasteiger partial charge in [-0.1, -0.05) is 30.3 Å². The minimum Gasteiger partial charge on any atom is -0.452 e. The predicted octanol–water partition coefficient (Wildman–Crippen LogP) is 3.41. The second-order valence-corrected chi connectivity index (χ2v) is 8.20. The number of fused-ring (bicyclic) bond motifs is 2. The highest BCUT2D eigenvalue weighted by molar-refractivity contribution is 6.07. The first-order chi connectivity index (χ1) is 15.6. The summed E-state index contributed by atoms with van der Waals surface area (Å²) in [5.41, 5.74) is 3.87. The van der Waals surface area contributed by atoms with E-state index < -0.39 is 18.5 Å². The van der Waals surface area contributed by atoms with Gasteiger partial charge in [-0.25, -0.2) is 4.79 Å². The molecule has 1 saturated carbocycles. The number of rotatable bonds is 6. The minimum absolute atomic E-state index is 0.212. The second kappa shape index (κ2) is 8.42. The first kappa shape index (κ1) is 20.2. The summed E-state index contributed by atoms with van der Waals surface area (Å²) in [6, 6.07) is 14.5. The van der Waals surface area contributed by atoms with Gasteiger partial charge in [0.1, 0.15) is 0 Å². The fraction of sp³-hybridized carbons (Fsp3) is 0.280. The summed E-state index contributed by atoms with van der Waals surface area (Å²) in [6.07, 6.45) is 4.50. The summed E-state index contributed by atoms with van der Waals surface area (Å²) in [5, 5.41) is 6.34. The standard InChI is InChI=1S/C25H23N3O4/c29-22(28-21-10-4-2-7-18(21)24(30)26-15-12-13-15)14-32-25(31)23-16-6-1-3-9-19(16)27-20-11-5-8-17(20)23/h1-4,6-7,9-10,15H,5,8,11-14H2,(H,26,30)(H,28,29). The van der Waals surface area contributed by atoms with Crippen LogP contribution in [0.5, 0.6) is 0 Å². The molecule has 0 saturated heterocycles. The third-order valence-electron chi connectivity index (χ3n) is 5.82. The number of amides is 2. The Labute approximate surface area is 185 Å². The number of nitrogens with zero attached hydrogens (tertiary/aromatic N) is 1. The van der Waals surface area contributed by atoms with Gasteiger partial charge in [-0.15, -0.1) is 0 Å². The van der Waals surface area contributed by atoms with Crippen molar-refractivity contribution in [3.05, 3.63) is 70.9 Å². The largest absolute Gasteiger partial charge is 0.452 e. The lowest BCUT2D eigenvalue weighted by atomic mass is 10.0. The number of esters is 1. The van der Waals surface area contributed by atoms with Crippen LogP contribution in [-0.4, -0.2) is 35.4 Å². The number of carbonyl (C=O) groups is 3. The zero-order valence-electron chi connectivity index (χ0n) is 17.5. The number of carbonyl (C=O) groups excluding carboxylic acids is 3. The van der Waals surface area contributed by atoms with Crippen molar-refractivity contribution in [1.29, 1.82) is 0 Å². The molecular weight excluding hydrogens is 406 g/mol. The Hall–Kier alpha value is -3.74. The fourth-order valence-corrected chi connectivity index (χ4v) is 4.11. The summed E-state index contributed by atoms with van der Waals surface area (Å²) >= 11 is 0. The van der Waals surface area contributed by atoms with Crippen LogP contribution in [0.2, 0.25) is 0 Å². The average molecular weight is 429 g/mol. The number of ether oxygens (including phenoxy) is 1. The number of hydrogen-bond acceptors (Lipinski definition) is 5. The third kappa shape index (κ3) is 4.06. The molecule has 2 aromatic carbocycles. The van der Waals surface area contributed by atoms with Gasteiger partial charge in [0.05, 0.1) is 22.3 Å². The zero-order chi connectivity index (χ0) is 22.1. The molecule has 0 bridgehead atoms. The smallest absolute Gasteiger partial charge is 0.339 e. The topological polar surface area (TPSA) is 97.4 Å². The highest BCUT2D eigenvalue weighted by Crippen LogP contribution is 2.30. The van der Waals surface area contributed by atoms with Gasteiger partial charge < -0.3 is 15.4 Å². The Morgan fingerprint density at radius 2 is 1.78 bits per heavy atom. The lowest BCUT2D eigenvalue weighted by molar-refractivity contribution is -0.119. The van der Waals surface area contributed by atoms with E-state index in [4.69, 9.17) is 4.74 Å². The van der Waals surface area contributed by atoms with Crippen LogP contribution >= 0.6 is 0 Å². The molecule has 3 aromatic rings. The highest BCUT2D eigenvalue weighted by Gasteiger charge is 2.26. The van der Waals surface area contributed by atoms with Gasteiger partial charge in [0, 0.05) is 17.1 Å².